The molecule has 0 saturated heterocycles. The monoisotopic (exact) mass is 503 g/mol. The number of pyridine rings is 1. The van der Waals surface area contributed by atoms with Crippen molar-refractivity contribution in [3.05, 3.63) is 132 Å². The first-order chi connectivity index (χ1) is 18.7. The molecule has 1 aliphatic rings. The third-order valence-electron chi connectivity index (χ3n) is 7.06. The lowest BCUT2D eigenvalue weighted by molar-refractivity contribution is -0.132. The Morgan fingerprint density at radius 1 is 0.868 bits per heavy atom. The molecule has 3 aromatic carbocycles. The third kappa shape index (κ3) is 5.11. The standard InChI is InChI=1S/C32H29N3O3/c36-32(34(22-25-11-5-2-6-12-25)18-16-24-9-3-1-4-10-24)20-27(26-14-15-29-30(19-26)38-23-37-29)28-21-33-31-13-7-8-17-35(28)31/h1-15,17,19,21,27H,16,18,20,22-23H2. The van der Waals surface area contributed by atoms with E-state index in [9.17, 15) is 4.79 Å². The van der Waals surface area contributed by atoms with Gasteiger partial charge in [-0.2, -0.15) is 0 Å². The second-order valence-corrected chi connectivity index (χ2v) is 9.52. The van der Waals surface area contributed by atoms with Crippen molar-refractivity contribution in [1.82, 2.24) is 14.3 Å². The van der Waals surface area contributed by atoms with Gasteiger partial charge in [0.15, 0.2) is 11.5 Å². The highest BCUT2D eigenvalue weighted by molar-refractivity contribution is 5.78. The minimum absolute atomic E-state index is 0.0957. The van der Waals surface area contributed by atoms with Crippen LogP contribution in [0, 0.1) is 0 Å². The SMILES string of the molecule is O=C(CC(c1ccc2c(c1)OCO2)c1cnc2ccccn12)N(CCc1ccccc1)Cc1ccccc1. The number of nitrogens with zero attached hydrogens (tertiary/aromatic N) is 3. The number of amides is 1. The summed E-state index contributed by atoms with van der Waals surface area (Å²) in [5.74, 6) is 1.33. The van der Waals surface area contributed by atoms with Crippen LogP contribution in [-0.2, 0) is 17.8 Å². The third-order valence-corrected chi connectivity index (χ3v) is 7.06. The Hall–Kier alpha value is -4.58. The molecule has 1 aliphatic heterocycles. The van der Waals surface area contributed by atoms with E-state index in [2.05, 4.69) is 33.7 Å². The van der Waals surface area contributed by atoms with Crippen molar-refractivity contribution in [3.8, 4) is 11.5 Å². The van der Waals surface area contributed by atoms with Gasteiger partial charge in [-0.15, -0.1) is 0 Å². The van der Waals surface area contributed by atoms with Crippen LogP contribution >= 0.6 is 0 Å². The Bertz CT molecular complexity index is 1530. The fraction of sp³-hybridized carbons (Fsp3) is 0.188. The molecule has 0 saturated carbocycles. The second-order valence-electron chi connectivity index (χ2n) is 9.52. The highest BCUT2D eigenvalue weighted by atomic mass is 16.7. The number of rotatable bonds is 9. The minimum atomic E-state index is -0.204. The van der Waals surface area contributed by atoms with Crippen LogP contribution in [0.4, 0.5) is 0 Å². The van der Waals surface area contributed by atoms with Crippen LogP contribution in [0.25, 0.3) is 5.65 Å². The molecule has 3 heterocycles. The van der Waals surface area contributed by atoms with Gasteiger partial charge < -0.3 is 18.8 Å². The lowest BCUT2D eigenvalue weighted by Gasteiger charge is -2.26. The van der Waals surface area contributed by atoms with E-state index >= 15 is 0 Å². The lowest BCUT2D eigenvalue weighted by atomic mass is 9.91. The second kappa shape index (κ2) is 10.8. The average Bonchev–Trinajstić information content (AvgIpc) is 3.62. The summed E-state index contributed by atoms with van der Waals surface area (Å²) in [6, 6.07) is 32.4. The van der Waals surface area contributed by atoms with E-state index in [0.717, 1.165) is 34.6 Å². The van der Waals surface area contributed by atoms with Crippen molar-refractivity contribution in [2.75, 3.05) is 13.3 Å². The molecule has 1 amide bonds. The van der Waals surface area contributed by atoms with E-state index in [1.54, 1.807) is 0 Å². The predicted octanol–water partition coefficient (Wildman–Crippen LogP) is 5.86. The molecule has 2 aromatic heterocycles. The summed E-state index contributed by atoms with van der Waals surface area (Å²) in [7, 11) is 0. The molecule has 5 aromatic rings. The molecular formula is C32H29N3O3. The van der Waals surface area contributed by atoms with Crippen molar-refractivity contribution in [2.45, 2.75) is 25.3 Å². The van der Waals surface area contributed by atoms with Gasteiger partial charge in [-0.05, 0) is 47.4 Å². The number of fused-ring (bicyclic) bond motifs is 2. The summed E-state index contributed by atoms with van der Waals surface area (Å²) in [4.78, 5) is 20.7. The minimum Gasteiger partial charge on any atom is -0.454 e. The topological polar surface area (TPSA) is 56.1 Å². The van der Waals surface area contributed by atoms with Gasteiger partial charge in [-0.1, -0.05) is 72.8 Å². The van der Waals surface area contributed by atoms with Gasteiger partial charge in [0.1, 0.15) is 5.65 Å². The Morgan fingerprint density at radius 3 is 2.42 bits per heavy atom. The molecule has 0 radical (unpaired) electrons. The van der Waals surface area contributed by atoms with Crippen LogP contribution < -0.4 is 9.47 Å². The Kier molecular flexibility index (Phi) is 6.77. The zero-order valence-corrected chi connectivity index (χ0v) is 21.1. The number of ether oxygens (including phenoxy) is 2. The van der Waals surface area contributed by atoms with E-state index in [0.29, 0.717) is 25.3 Å². The van der Waals surface area contributed by atoms with Gasteiger partial charge in [0, 0.05) is 37.8 Å². The molecule has 1 unspecified atom stereocenters. The molecule has 190 valence electrons. The largest absolute Gasteiger partial charge is 0.454 e. The molecule has 0 N–H and O–H groups in total. The van der Waals surface area contributed by atoms with Crippen molar-refractivity contribution in [3.63, 3.8) is 0 Å². The Balaban J connectivity index is 1.32. The van der Waals surface area contributed by atoms with Gasteiger partial charge in [0.2, 0.25) is 12.7 Å². The summed E-state index contributed by atoms with van der Waals surface area (Å²) >= 11 is 0. The van der Waals surface area contributed by atoms with Gasteiger partial charge >= 0.3 is 0 Å². The maximum absolute atomic E-state index is 14.1. The number of aromatic nitrogens is 2. The number of imidazole rings is 1. The lowest BCUT2D eigenvalue weighted by Crippen LogP contribution is -2.33. The maximum Gasteiger partial charge on any atom is 0.231 e. The molecule has 6 rings (SSSR count). The predicted molar refractivity (Wildman–Crippen MR) is 146 cm³/mol. The van der Waals surface area contributed by atoms with Crippen LogP contribution in [0.5, 0.6) is 11.5 Å². The van der Waals surface area contributed by atoms with Gasteiger partial charge in [0.05, 0.1) is 5.69 Å². The number of carbonyl (C=O) groups is 1. The fourth-order valence-corrected chi connectivity index (χ4v) is 5.04. The number of carbonyl (C=O) groups excluding carboxylic acids is 1. The molecule has 6 heteroatoms. The van der Waals surface area contributed by atoms with E-state index in [-0.39, 0.29) is 18.6 Å². The fourth-order valence-electron chi connectivity index (χ4n) is 5.04. The molecule has 6 nitrogen and oxygen atoms in total. The smallest absolute Gasteiger partial charge is 0.231 e. The molecular weight excluding hydrogens is 474 g/mol. The van der Waals surface area contributed by atoms with Gasteiger partial charge in [0.25, 0.3) is 0 Å². The first-order valence-corrected chi connectivity index (χ1v) is 12.9. The number of benzene rings is 3. The van der Waals surface area contributed by atoms with E-state index in [4.69, 9.17) is 9.47 Å². The molecule has 1 atom stereocenters. The zero-order chi connectivity index (χ0) is 25.7. The molecule has 0 fully saturated rings. The molecule has 0 bridgehead atoms. The molecule has 0 spiro atoms. The van der Waals surface area contributed by atoms with Crippen LogP contribution in [0.1, 0.15) is 34.7 Å². The molecule has 0 aliphatic carbocycles. The van der Waals surface area contributed by atoms with Crippen LogP contribution in [0.2, 0.25) is 0 Å². The summed E-state index contributed by atoms with van der Waals surface area (Å²) in [5.41, 5.74) is 5.15. The summed E-state index contributed by atoms with van der Waals surface area (Å²) in [6.07, 6.45) is 4.98. The summed E-state index contributed by atoms with van der Waals surface area (Å²) < 4.78 is 13.3. The van der Waals surface area contributed by atoms with Crippen LogP contribution in [0.3, 0.4) is 0 Å². The number of hydrogen-bond donors (Lipinski definition) is 0. The Labute approximate surface area is 222 Å². The van der Waals surface area contributed by atoms with E-state index < -0.39 is 0 Å². The summed E-state index contributed by atoms with van der Waals surface area (Å²) in [5, 5.41) is 0. The van der Waals surface area contributed by atoms with E-state index in [1.807, 2.05) is 90.1 Å². The summed E-state index contributed by atoms with van der Waals surface area (Å²) in [6.45, 7) is 1.41. The number of hydrogen-bond acceptors (Lipinski definition) is 4. The highest BCUT2D eigenvalue weighted by Gasteiger charge is 2.27. The highest BCUT2D eigenvalue weighted by Crippen LogP contribution is 2.38. The van der Waals surface area contributed by atoms with Crippen LogP contribution in [0.15, 0.2) is 109 Å². The van der Waals surface area contributed by atoms with Crippen molar-refractivity contribution in [1.29, 1.82) is 0 Å². The van der Waals surface area contributed by atoms with Crippen molar-refractivity contribution < 1.29 is 14.3 Å². The van der Waals surface area contributed by atoms with Crippen LogP contribution in [-0.4, -0.2) is 33.5 Å². The van der Waals surface area contributed by atoms with Gasteiger partial charge in [-0.25, -0.2) is 4.98 Å². The quantitative estimate of drug-likeness (QED) is 0.253. The van der Waals surface area contributed by atoms with Crippen molar-refractivity contribution >= 4 is 11.6 Å². The Morgan fingerprint density at radius 2 is 1.61 bits per heavy atom. The first-order valence-electron chi connectivity index (χ1n) is 12.9. The van der Waals surface area contributed by atoms with E-state index in [1.165, 1.54) is 5.56 Å². The normalized spacial score (nSPS) is 12.9. The average molecular weight is 504 g/mol. The zero-order valence-electron chi connectivity index (χ0n) is 21.1. The van der Waals surface area contributed by atoms with Crippen molar-refractivity contribution in [2.24, 2.45) is 0 Å². The maximum atomic E-state index is 14.1. The first kappa shape index (κ1) is 23.8. The molecule has 38 heavy (non-hydrogen) atoms. The van der Waals surface area contributed by atoms with Gasteiger partial charge in [-0.3, -0.25) is 4.79 Å².